The number of hydrogen-bond donors (Lipinski definition) is 0. The first kappa shape index (κ1) is 9.73. The molecule has 72 valence electrons. The smallest absolute Gasteiger partial charge is 0.261 e. The van der Waals surface area contributed by atoms with E-state index in [0.717, 1.165) is 15.1 Å². The molecule has 0 amide bonds. The molecular formula is C9H7BrN2OS. The van der Waals surface area contributed by atoms with E-state index in [4.69, 9.17) is 4.42 Å². The summed E-state index contributed by atoms with van der Waals surface area (Å²) in [6.45, 7) is 2.02. The summed E-state index contributed by atoms with van der Waals surface area (Å²) in [7, 11) is 0. The minimum Gasteiger partial charge on any atom is -0.440 e. The third kappa shape index (κ3) is 1.99. The zero-order valence-electron chi connectivity index (χ0n) is 7.40. The summed E-state index contributed by atoms with van der Waals surface area (Å²) in [5.74, 6) is 0. The van der Waals surface area contributed by atoms with Crippen LogP contribution in [-0.4, -0.2) is 9.97 Å². The summed E-state index contributed by atoms with van der Waals surface area (Å²) in [5.41, 5.74) is 1.15. The van der Waals surface area contributed by atoms with Crippen LogP contribution in [0.5, 0.6) is 0 Å². The fourth-order valence-corrected chi connectivity index (χ4v) is 2.15. The summed E-state index contributed by atoms with van der Waals surface area (Å²) in [4.78, 5) is 8.25. The van der Waals surface area contributed by atoms with Gasteiger partial charge in [0.15, 0.2) is 0 Å². The Hall–Kier alpha value is -0.810. The fourth-order valence-electron chi connectivity index (χ4n) is 0.930. The molecule has 0 bridgehead atoms. The first-order valence-corrected chi connectivity index (χ1v) is 5.57. The molecule has 0 aromatic carbocycles. The SMILES string of the molecule is Cc1ccnc(Sc2ncco2)c1Br. The molecule has 0 aliphatic carbocycles. The summed E-state index contributed by atoms with van der Waals surface area (Å²) in [6, 6.07) is 1.95. The highest BCUT2D eigenvalue weighted by Crippen LogP contribution is 2.32. The molecule has 2 aromatic rings. The number of halogens is 1. The van der Waals surface area contributed by atoms with Crippen LogP contribution in [-0.2, 0) is 0 Å². The van der Waals surface area contributed by atoms with Crippen molar-refractivity contribution in [2.45, 2.75) is 17.2 Å². The maximum absolute atomic E-state index is 5.12. The van der Waals surface area contributed by atoms with Crippen molar-refractivity contribution < 1.29 is 4.42 Å². The Morgan fingerprint density at radius 3 is 2.93 bits per heavy atom. The molecule has 0 unspecified atom stereocenters. The second-order valence-electron chi connectivity index (χ2n) is 2.65. The van der Waals surface area contributed by atoms with E-state index in [9.17, 15) is 0 Å². The number of rotatable bonds is 2. The van der Waals surface area contributed by atoms with E-state index in [1.54, 1.807) is 18.7 Å². The fraction of sp³-hybridized carbons (Fsp3) is 0.111. The van der Waals surface area contributed by atoms with Gasteiger partial charge in [0.1, 0.15) is 11.3 Å². The van der Waals surface area contributed by atoms with Crippen molar-refractivity contribution in [1.29, 1.82) is 0 Å². The van der Waals surface area contributed by atoms with Gasteiger partial charge in [-0.05, 0) is 46.2 Å². The standard InChI is InChI=1S/C9H7BrN2OS/c1-6-2-3-11-8(7(6)10)14-9-12-4-5-13-9/h2-5H,1H3. The maximum atomic E-state index is 5.12. The zero-order chi connectivity index (χ0) is 9.97. The topological polar surface area (TPSA) is 38.9 Å². The van der Waals surface area contributed by atoms with E-state index < -0.39 is 0 Å². The Morgan fingerprint density at radius 1 is 1.36 bits per heavy atom. The quantitative estimate of drug-likeness (QED) is 0.840. The minimum atomic E-state index is 0.601. The van der Waals surface area contributed by atoms with Crippen molar-refractivity contribution in [3.05, 3.63) is 34.8 Å². The molecule has 0 fully saturated rings. The number of hydrogen-bond acceptors (Lipinski definition) is 4. The van der Waals surface area contributed by atoms with Crippen molar-refractivity contribution in [1.82, 2.24) is 9.97 Å². The lowest BCUT2D eigenvalue weighted by Crippen LogP contribution is -1.84. The number of aryl methyl sites for hydroxylation is 1. The van der Waals surface area contributed by atoms with Gasteiger partial charge in [0, 0.05) is 6.20 Å². The van der Waals surface area contributed by atoms with E-state index in [1.165, 1.54) is 11.8 Å². The van der Waals surface area contributed by atoms with Gasteiger partial charge in [-0.15, -0.1) is 0 Å². The molecule has 2 rings (SSSR count). The van der Waals surface area contributed by atoms with Crippen LogP contribution < -0.4 is 0 Å². The first-order chi connectivity index (χ1) is 6.77. The van der Waals surface area contributed by atoms with Gasteiger partial charge in [0.05, 0.1) is 10.7 Å². The molecule has 0 spiro atoms. The van der Waals surface area contributed by atoms with Crippen molar-refractivity contribution in [2.24, 2.45) is 0 Å². The molecule has 0 N–H and O–H groups in total. The van der Waals surface area contributed by atoms with Crippen molar-refractivity contribution in [3.8, 4) is 0 Å². The average Bonchev–Trinajstić information content (AvgIpc) is 2.66. The van der Waals surface area contributed by atoms with Crippen LogP contribution in [0.2, 0.25) is 0 Å². The minimum absolute atomic E-state index is 0.601. The molecule has 3 nitrogen and oxygen atoms in total. The van der Waals surface area contributed by atoms with E-state index in [0.29, 0.717) is 5.22 Å². The van der Waals surface area contributed by atoms with Gasteiger partial charge in [0.2, 0.25) is 0 Å². The number of pyridine rings is 1. The summed E-state index contributed by atoms with van der Waals surface area (Å²) < 4.78 is 6.11. The van der Waals surface area contributed by atoms with Gasteiger partial charge in [-0.1, -0.05) is 0 Å². The largest absolute Gasteiger partial charge is 0.440 e. The highest BCUT2D eigenvalue weighted by atomic mass is 79.9. The average molecular weight is 271 g/mol. The van der Waals surface area contributed by atoms with Crippen LogP contribution in [0.1, 0.15) is 5.56 Å². The van der Waals surface area contributed by atoms with E-state index >= 15 is 0 Å². The summed E-state index contributed by atoms with van der Waals surface area (Å²) in [6.07, 6.45) is 4.93. The van der Waals surface area contributed by atoms with Crippen LogP contribution in [0.15, 0.2) is 43.9 Å². The molecule has 5 heteroatoms. The van der Waals surface area contributed by atoms with Crippen molar-refractivity contribution >= 4 is 27.7 Å². The summed E-state index contributed by atoms with van der Waals surface area (Å²) >= 11 is 4.87. The lowest BCUT2D eigenvalue weighted by Gasteiger charge is -2.01. The molecule has 0 saturated heterocycles. The molecule has 2 aromatic heterocycles. The van der Waals surface area contributed by atoms with Gasteiger partial charge in [-0.25, -0.2) is 9.97 Å². The third-order valence-electron chi connectivity index (χ3n) is 1.64. The highest BCUT2D eigenvalue weighted by Gasteiger charge is 2.08. The van der Waals surface area contributed by atoms with Crippen molar-refractivity contribution in [3.63, 3.8) is 0 Å². The molecule has 0 radical (unpaired) electrons. The number of aromatic nitrogens is 2. The highest BCUT2D eigenvalue weighted by molar-refractivity contribution is 9.10. The third-order valence-corrected chi connectivity index (χ3v) is 3.79. The van der Waals surface area contributed by atoms with Crippen LogP contribution in [0.3, 0.4) is 0 Å². The maximum Gasteiger partial charge on any atom is 0.261 e. The van der Waals surface area contributed by atoms with Crippen LogP contribution in [0, 0.1) is 6.92 Å². The Balaban J connectivity index is 2.29. The number of oxazole rings is 1. The predicted octanol–water partition coefficient (Wildman–Crippen LogP) is 3.29. The molecule has 2 heterocycles. The molecule has 0 atom stereocenters. The Labute approximate surface area is 94.1 Å². The van der Waals surface area contributed by atoms with Crippen LogP contribution >= 0.6 is 27.7 Å². The molecule has 14 heavy (non-hydrogen) atoms. The van der Waals surface area contributed by atoms with Crippen LogP contribution in [0.25, 0.3) is 0 Å². The summed E-state index contributed by atoms with van der Waals surface area (Å²) in [5, 5.41) is 1.47. The molecular weight excluding hydrogens is 264 g/mol. The van der Waals surface area contributed by atoms with Gasteiger partial charge >= 0.3 is 0 Å². The molecule has 0 saturated carbocycles. The monoisotopic (exact) mass is 270 g/mol. The van der Waals surface area contributed by atoms with Gasteiger partial charge in [0.25, 0.3) is 5.22 Å². The number of nitrogens with zero attached hydrogens (tertiary/aromatic N) is 2. The van der Waals surface area contributed by atoms with E-state index in [1.807, 2.05) is 13.0 Å². The molecule has 0 aliphatic rings. The first-order valence-electron chi connectivity index (χ1n) is 3.96. The molecule has 0 aliphatic heterocycles. The van der Waals surface area contributed by atoms with Crippen molar-refractivity contribution in [2.75, 3.05) is 0 Å². The Morgan fingerprint density at radius 2 is 2.21 bits per heavy atom. The van der Waals surface area contributed by atoms with E-state index in [2.05, 4.69) is 25.9 Å². The predicted molar refractivity (Wildman–Crippen MR) is 57.3 cm³/mol. The Bertz CT molecular complexity index is 430. The lowest BCUT2D eigenvalue weighted by atomic mass is 10.3. The Kier molecular flexibility index (Phi) is 2.88. The normalized spacial score (nSPS) is 10.4. The van der Waals surface area contributed by atoms with Gasteiger partial charge in [-0.2, -0.15) is 0 Å². The van der Waals surface area contributed by atoms with Crippen LogP contribution in [0.4, 0.5) is 0 Å². The van der Waals surface area contributed by atoms with Gasteiger partial charge in [-0.3, -0.25) is 0 Å². The second-order valence-corrected chi connectivity index (χ2v) is 4.38. The zero-order valence-corrected chi connectivity index (χ0v) is 9.80. The lowest BCUT2D eigenvalue weighted by molar-refractivity contribution is 0.454. The second kappa shape index (κ2) is 4.14. The van der Waals surface area contributed by atoms with Gasteiger partial charge < -0.3 is 4.42 Å². The van der Waals surface area contributed by atoms with E-state index in [-0.39, 0.29) is 0 Å².